The minimum Gasteiger partial charge on any atom is -0.364 e. The summed E-state index contributed by atoms with van der Waals surface area (Å²) < 4.78 is 28.3. The molecule has 106 valence electrons. The molecule has 1 saturated heterocycles. The zero-order chi connectivity index (χ0) is 14.2. The van der Waals surface area contributed by atoms with E-state index in [0.29, 0.717) is 23.9 Å². The number of hydrogen-bond donors (Lipinski definition) is 0. The lowest BCUT2D eigenvalue weighted by molar-refractivity contribution is 0.293. The number of piperidine rings is 1. The molecule has 0 N–H and O–H groups in total. The van der Waals surface area contributed by atoms with Crippen molar-refractivity contribution in [1.29, 1.82) is 0 Å². The van der Waals surface area contributed by atoms with Crippen LogP contribution in [0, 0.1) is 23.5 Å². The molecule has 0 aliphatic carbocycles. The fourth-order valence-corrected chi connectivity index (χ4v) is 3.13. The molecule has 1 aliphatic rings. The van der Waals surface area contributed by atoms with Crippen LogP contribution < -0.4 is 4.90 Å². The van der Waals surface area contributed by atoms with Crippen molar-refractivity contribution in [3.05, 3.63) is 29.3 Å². The van der Waals surface area contributed by atoms with Crippen molar-refractivity contribution in [2.75, 3.05) is 11.4 Å². The maximum Gasteiger partial charge on any atom is 0.149 e. The Labute approximate surface area is 118 Å². The minimum atomic E-state index is -0.510. The van der Waals surface area contributed by atoms with Crippen LogP contribution in [0.4, 0.5) is 14.5 Å². The number of halogens is 3. The van der Waals surface area contributed by atoms with Gasteiger partial charge < -0.3 is 4.90 Å². The van der Waals surface area contributed by atoms with E-state index in [4.69, 9.17) is 11.6 Å². The van der Waals surface area contributed by atoms with Crippen LogP contribution in [-0.4, -0.2) is 12.6 Å². The zero-order valence-electron chi connectivity index (χ0n) is 11.6. The van der Waals surface area contributed by atoms with Crippen molar-refractivity contribution in [1.82, 2.24) is 0 Å². The van der Waals surface area contributed by atoms with Gasteiger partial charge in [-0.2, -0.15) is 0 Å². The number of hydrogen-bond acceptors (Lipinski definition) is 1. The first-order chi connectivity index (χ1) is 8.93. The molecule has 0 bridgehead atoms. The Kier molecular flexibility index (Phi) is 4.34. The Hall–Kier alpha value is -0.830. The van der Waals surface area contributed by atoms with Gasteiger partial charge in [0.25, 0.3) is 0 Å². The van der Waals surface area contributed by atoms with Crippen molar-refractivity contribution < 1.29 is 8.78 Å². The Bertz CT molecular complexity index is 440. The normalized spacial score (nSPS) is 27.7. The maximum absolute atomic E-state index is 14.2. The van der Waals surface area contributed by atoms with E-state index in [0.717, 1.165) is 6.42 Å². The van der Waals surface area contributed by atoms with Gasteiger partial charge in [-0.3, -0.25) is 0 Å². The first-order valence-electron chi connectivity index (χ1n) is 6.74. The van der Waals surface area contributed by atoms with Gasteiger partial charge in [0.2, 0.25) is 0 Å². The first kappa shape index (κ1) is 14.6. The van der Waals surface area contributed by atoms with E-state index < -0.39 is 11.6 Å². The second-order valence-corrected chi connectivity index (χ2v) is 6.02. The van der Waals surface area contributed by atoms with Crippen LogP contribution in [0.15, 0.2) is 12.1 Å². The van der Waals surface area contributed by atoms with Crippen molar-refractivity contribution >= 4 is 17.3 Å². The SMILES string of the molecule is CC1CC(C)C(C)N(c2c(F)cc(CCl)cc2F)C1. The third-order valence-corrected chi connectivity index (χ3v) is 4.42. The molecular formula is C15H20ClF2N. The first-order valence-corrected chi connectivity index (χ1v) is 7.28. The van der Waals surface area contributed by atoms with Gasteiger partial charge in [0.05, 0.1) is 0 Å². The average Bonchev–Trinajstić information content (AvgIpc) is 2.34. The molecule has 0 aromatic heterocycles. The largest absolute Gasteiger partial charge is 0.364 e. The van der Waals surface area contributed by atoms with E-state index in [1.807, 2.05) is 11.8 Å². The number of nitrogens with zero attached hydrogens (tertiary/aromatic N) is 1. The highest BCUT2D eigenvalue weighted by Crippen LogP contribution is 2.34. The smallest absolute Gasteiger partial charge is 0.149 e. The van der Waals surface area contributed by atoms with E-state index in [1.165, 1.54) is 12.1 Å². The number of alkyl halides is 1. The van der Waals surface area contributed by atoms with E-state index >= 15 is 0 Å². The van der Waals surface area contributed by atoms with E-state index in [2.05, 4.69) is 13.8 Å². The van der Waals surface area contributed by atoms with Crippen LogP contribution in [-0.2, 0) is 5.88 Å². The second-order valence-electron chi connectivity index (χ2n) is 5.75. The highest BCUT2D eigenvalue weighted by atomic mass is 35.5. The number of rotatable bonds is 2. The summed E-state index contributed by atoms with van der Waals surface area (Å²) in [6, 6.07) is 2.81. The van der Waals surface area contributed by atoms with E-state index in [-0.39, 0.29) is 17.6 Å². The summed E-state index contributed by atoms with van der Waals surface area (Å²) in [5.41, 5.74) is 0.575. The topological polar surface area (TPSA) is 3.24 Å². The van der Waals surface area contributed by atoms with Gasteiger partial charge in [-0.05, 0) is 42.9 Å². The molecule has 3 atom stereocenters. The molecule has 1 fully saturated rings. The second kappa shape index (κ2) is 5.66. The van der Waals surface area contributed by atoms with Crippen LogP contribution in [0.1, 0.15) is 32.8 Å². The lowest BCUT2D eigenvalue weighted by Gasteiger charge is -2.42. The van der Waals surface area contributed by atoms with Gasteiger partial charge >= 0.3 is 0 Å². The number of anilines is 1. The summed E-state index contributed by atoms with van der Waals surface area (Å²) in [5, 5.41) is 0. The quantitative estimate of drug-likeness (QED) is 0.720. The summed E-state index contributed by atoms with van der Waals surface area (Å²) >= 11 is 5.64. The third kappa shape index (κ3) is 2.86. The van der Waals surface area contributed by atoms with Crippen molar-refractivity contribution in [2.24, 2.45) is 11.8 Å². The van der Waals surface area contributed by atoms with Crippen LogP contribution in [0.5, 0.6) is 0 Å². The molecule has 1 aromatic rings. The summed E-state index contributed by atoms with van der Waals surface area (Å²) in [6.45, 7) is 6.99. The highest BCUT2D eigenvalue weighted by Gasteiger charge is 2.32. The Morgan fingerprint density at radius 3 is 2.32 bits per heavy atom. The Morgan fingerprint density at radius 1 is 1.21 bits per heavy atom. The standard InChI is InChI=1S/C15H20ClF2N/c1-9-4-10(2)11(3)19(8-9)15-13(17)5-12(7-16)6-14(15)18/h5-6,9-11H,4,7-8H2,1-3H3. The van der Waals surface area contributed by atoms with Crippen LogP contribution >= 0.6 is 11.6 Å². The van der Waals surface area contributed by atoms with E-state index in [9.17, 15) is 8.78 Å². The maximum atomic E-state index is 14.2. The lowest BCUT2D eigenvalue weighted by Crippen LogP contribution is -2.46. The lowest BCUT2D eigenvalue weighted by atomic mass is 9.85. The van der Waals surface area contributed by atoms with Crippen LogP contribution in [0.3, 0.4) is 0 Å². The van der Waals surface area contributed by atoms with E-state index in [1.54, 1.807) is 0 Å². The molecule has 1 nitrogen and oxygen atoms in total. The molecule has 0 saturated carbocycles. The number of benzene rings is 1. The van der Waals surface area contributed by atoms with Gasteiger partial charge in [-0.15, -0.1) is 11.6 Å². The third-order valence-electron chi connectivity index (χ3n) is 4.12. The minimum absolute atomic E-state index is 0.0970. The molecule has 0 amide bonds. The molecular weight excluding hydrogens is 268 g/mol. The molecule has 0 radical (unpaired) electrons. The molecule has 1 aromatic carbocycles. The average molecular weight is 288 g/mol. The summed E-state index contributed by atoms with van der Waals surface area (Å²) in [7, 11) is 0. The highest BCUT2D eigenvalue weighted by molar-refractivity contribution is 6.17. The molecule has 1 heterocycles. The monoisotopic (exact) mass is 287 g/mol. The van der Waals surface area contributed by atoms with Gasteiger partial charge in [-0.25, -0.2) is 8.78 Å². The summed E-state index contributed by atoms with van der Waals surface area (Å²) in [6.07, 6.45) is 1.10. The van der Waals surface area contributed by atoms with Gasteiger partial charge in [0, 0.05) is 18.5 Å². The van der Waals surface area contributed by atoms with Gasteiger partial charge in [-0.1, -0.05) is 13.8 Å². The zero-order valence-corrected chi connectivity index (χ0v) is 12.3. The van der Waals surface area contributed by atoms with Gasteiger partial charge in [0.1, 0.15) is 17.3 Å². The Morgan fingerprint density at radius 2 is 1.79 bits per heavy atom. The molecule has 4 heteroatoms. The van der Waals surface area contributed by atoms with Gasteiger partial charge in [0.15, 0.2) is 0 Å². The summed E-state index contributed by atoms with van der Waals surface area (Å²) in [4.78, 5) is 1.86. The molecule has 1 aliphatic heterocycles. The fraction of sp³-hybridized carbons (Fsp3) is 0.600. The predicted octanol–water partition coefficient (Wildman–Crippen LogP) is 4.57. The molecule has 2 rings (SSSR count). The fourth-order valence-electron chi connectivity index (χ4n) is 2.98. The molecule has 0 spiro atoms. The molecule has 19 heavy (non-hydrogen) atoms. The predicted molar refractivity (Wildman–Crippen MR) is 75.7 cm³/mol. The van der Waals surface area contributed by atoms with Crippen LogP contribution in [0.25, 0.3) is 0 Å². The van der Waals surface area contributed by atoms with Crippen molar-refractivity contribution in [3.8, 4) is 0 Å². The summed E-state index contributed by atoms with van der Waals surface area (Å²) in [5.74, 6) is -0.0308. The van der Waals surface area contributed by atoms with Crippen LogP contribution in [0.2, 0.25) is 0 Å². The molecule has 3 unspecified atom stereocenters. The Balaban J connectivity index is 2.40. The van der Waals surface area contributed by atoms with Crippen molar-refractivity contribution in [3.63, 3.8) is 0 Å². The van der Waals surface area contributed by atoms with Crippen molar-refractivity contribution in [2.45, 2.75) is 39.1 Å².